The van der Waals surface area contributed by atoms with Crippen LogP contribution < -0.4 is 19.7 Å². The molecule has 0 aliphatic carbocycles. The Morgan fingerprint density at radius 2 is 1.96 bits per heavy atom. The number of fused-ring (bicyclic) bond motifs is 2. The molecule has 0 saturated carbocycles. The van der Waals surface area contributed by atoms with Crippen LogP contribution in [0.1, 0.15) is 6.92 Å². The number of ether oxygens (including phenoxy) is 2. The van der Waals surface area contributed by atoms with Crippen molar-refractivity contribution in [1.82, 2.24) is 9.97 Å². The van der Waals surface area contributed by atoms with Gasteiger partial charge in [0, 0.05) is 28.7 Å². The molecule has 1 aromatic heterocycles. The van der Waals surface area contributed by atoms with Crippen molar-refractivity contribution in [3.05, 3.63) is 47.7 Å². The van der Waals surface area contributed by atoms with E-state index in [0.29, 0.717) is 47.8 Å². The summed E-state index contributed by atoms with van der Waals surface area (Å²) in [5, 5.41) is 4.36. The summed E-state index contributed by atoms with van der Waals surface area (Å²) in [6.45, 7) is 3.77. The number of hydrogen-bond donors (Lipinski definition) is 1. The van der Waals surface area contributed by atoms with E-state index in [1.807, 2.05) is 17.9 Å². The summed E-state index contributed by atoms with van der Waals surface area (Å²) < 4.78 is 11.1. The number of halogens is 1. The molecule has 2 aromatic carbocycles. The van der Waals surface area contributed by atoms with Crippen molar-refractivity contribution in [3.63, 3.8) is 0 Å². The van der Waals surface area contributed by atoms with E-state index in [4.69, 9.17) is 21.1 Å². The number of amides is 1. The van der Waals surface area contributed by atoms with Crippen molar-refractivity contribution < 1.29 is 14.3 Å². The summed E-state index contributed by atoms with van der Waals surface area (Å²) >= 11 is 6.05. The number of aromatic nitrogens is 2. The minimum atomic E-state index is -0.153. The minimum Gasteiger partial charge on any atom is -0.486 e. The summed E-state index contributed by atoms with van der Waals surface area (Å²) in [4.78, 5) is 23.2. The Bertz CT molecular complexity index is 1030. The molecule has 4 rings (SSSR count). The maximum Gasteiger partial charge on any atom is 0.243 e. The van der Waals surface area contributed by atoms with Gasteiger partial charge in [0.05, 0.1) is 12.1 Å². The number of benzene rings is 2. The van der Waals surface area contributed by atoms with Gasteiger partial charge in [-0.3, -0.25) is 4.79 Å². The summed E-state index contributed by atoms with van der Waals surface area (Å²) in [7, 11) is 0. The van der Waals surface area contributed by atoms with Crippen LogP contribution in [-0.2, 0) is 4.79 Å². The molecule has 0 unspecified atom stereocenters. The Hall–Kier alpha value is -3.06. The second kappa shape index (κ2) is 7.90. The molecule has 2 heterocycles. The van der Waals surface area contributed by atoms with Crippen LogP contribution in [0, 0.1) is 0 Å². The van der Waals surface area contributed by atoms with E-state index < -0.39 is 0 Å². The second-order valence-corrected chi connectivity index (χ2v) is 6.72. The summed E-state index contributed by atoms with van der Waals surface area (Å²) in [5.74, 6) is 1.86. The van der Waals surface area contributed by atoms with E-state index in [0.717, 1.165) is 10.9 Å². The first kappa shape index (κ1) is 18.3. The maximum absolute atomic E-state index is 12.6. The monoisotopic (exact) mass is 398 g/mol. The number of rotatable bonds is 5. The number of nitrogens with one attached hydrogen (secondary N) is 1. The first-order chi connectivity index (χ1) is 13.6. The number of carbonyl (C=O) groups is 1. The maximum atomic E-state index is 12.6. The normalized spacial score (nSPS) is 12.6. The SMILES string of the molecule is CCN(CC(=O)Nc1ccc2c(c1)OCCO2)c1ncnc2cc(Cl)ccc12. The zero-order chi connectivity index (χ0) is 19.5. The van der Waals surface area contributed by atoms with Crippen LogP contribution >= 0.6 is 11.6 Å². The molecular formula is C20H19ClN4O3. The lowest BCUT2D eigenvalue weighted by atomic mass is 10.2. The minimum absolute atomic E-state index is 0.152. The fraction of sp³-hybridized carbons (Fsp3) is 0.250. The quantitative estimate of drug-likeness (QED) is 0.708. The van der Waals surface area contributed by atoms with Crippen molar-refractivity contribution in [3.8, 4) is 11.5 Å². The molecule has 1 aliphatic rings. The van der Waals surface area contributed by atoms with E-state index in [1.54, 1.807) is 30.3 Å². The average Bonchev–Trinajstić information content (AvgIpc) is 2.71. The van der Waals surface area contributed by atoms with Crippen LogP contribution in [0.25, 0.3) is 10.9 Å². The molecule has 28 heavy (non-hydrogen) atoms. The van der Waals surface area contributed by atoms with Crippen LogP contribution in [0.15, 0.2) is 42.7 Å². The second-order valence-electron chi connectivity index (χ2n) is 6.28. The third-order valence-corrected chi connectivity index (χ3v) is 4.65. The lowest BCUT2D eigenvalue weighted by Gasteiger charge is -2.23. The van der Waals surface area contributed by atoms with Gasteiger partial charge in [-0.15, -0.1) is 0 Å². The van der Waals surface area contributed by atoms with E-state index in [1.165, 1.54) is 6.33 Å². The highest BCUT2D eigenvalue weighted by Crippen LogP contribution is 2.32. The Morgan fingerprint density at radius 3 is 2.79 bits per heavy atom. The third-order valence-electron chi connectivity index (χ3n) is 4.42. The van der Waals surface area contributed by atoms with Crippen molar-refractivity contribution >= 4 is 39.9 Å². The third kappa shape index (κ3) is 3.80. The molecule has 0 atom stereocenters. The summed E-state index contributed by atoms with van der Waals surface area (Å²) in [6.07, 6.45) is 1.48. The van der Waals surface area contributed by atoms with Gasteiger partial charge in [-0.2, -0.15) is 0 Å². The van der Waals surface area contributed by atoms with E-state index in [2.05, 4.69) is 15.3 Å². The smallest absolute Gasteiger partial charge is 0.243 e. The molecule has 1 N–H and O–H groups in total. The van der Waals surface area contributed by atoms with Gasteiger partial charge in [0.15, 0.2) is 11.5 Å². The average molecular weight is 399 g/mol. The van der Waals surface area contributed by atoms with Crippen molar-refractivity contribution in [1.29, 1.82) is 0 Å². The zero-order valence-electron chi connectivity index (χ0n) is 15.3. The number of hydrogen-bond acceptors (Lipinski definition) is 6. The molecule has 0 saturated heterocycles. The van der Waals surface area contributed by atoms with E-state index in [9.17, 15) is 4.79 Å². The molecule has 7 nitrogen and oxygen atoms in total. The standard InChI is InChI=1S/C20H19ClN4O3/c1-2-25(20-15-5-3-13(21)9-16(15)22-12-23-20)11-19(26)24-14-4-6-17-18(10-14)28-8-7-27-17/h3-6,9-10,12H,2,7-8,11H2,1H3,(H,24,26). The van der Waals surface area contributed by atoms with Gasteiger partial charge >= 0.3 is 0 Å². The van der Waals surface area contributed by atoms with Crippen LogP contribution in [0.5, 0.6) is 11.5 Å². The highest BCUT2D eigenvalue weighted by atomic mass is 35.5. The molecule has 0 bridgehead atoms. The first-order valence-corrected chi connectivity index (χ1v) is 9.36. The Balaban J connectivity index is 1.52. The Labute approximate surface area is 167 Å². The summed E-state index contributed by atoms with van der Waals surface area (Å²) in [6, 6.07) is 10.8. The van der Waals surface area contributed by atoms with Crippen LogP contribution in [0.2, 0.25) is 5.02 Å². The van der Waals surface area contributed by atoms with Gasteiger partial charge in [-0.1, -0.05) is 11.6 Å². The Morgan fingerprint density at radius 1 is 1.14 bits per heavy atom. The van der Waals surface area contributed by atoms with Crippen molar-refractivity contribution in [2.24, 2.45) is 0 Å². The van der Waals surface area contributed by atoms with Gasteiger partial charge in [0.2, 0.25) is 5.91 Å². The highest BCUT2D eigenvalue weighted by Gasteiger charge is 2.17. The topological polar surface area (TPSA) is 76.6 Å². The number of nitrogens with zero attached hydrogens (tertiary/aromatic N) is 3. The predicted molar refractivity (Wildman–Crippen MR) is 108 cm³/mol. The van der Waals surface area contributed by atoms with E-state index in [-0.39, 0.29) is 12.5 Å². The molecule has 0 spiro atoms. The van der Waals surface area contributed by atoms with Gasteiger partial charge in [0.1, 0.15) is 25.4 Å². The van der Waals surface area contributed by atoms with Crippen LogP contribution in [-0.4, -0.2) is 42.2 Å². The lowest BCUT2D eigenvalue weighted by molar-refractivity contribution is -0.115. The van der Waals surface area contributed by atoms with Crippen molar-refractivity contribution in [2.45, 2.75) is 6.92 Å². The fourth-order valence-corrected chi connectivity index (χ4v) is 3.27. The van der Waals surface area contributed by atoms with Gasteiger partial charge < -0.3 is 19.7 Å². The Kier molecular flexibility index (Phi) is 5.16. The molecule has 0 radical (unpaired) electrons. The van der Waals surface area contributed by atoms with Gasteiger partial charge in [-0.25, -0.2) is 9.97 Å². The highest BCUT2D eigenvalue weighted by molar-refractivity contribution is 6.31. The largest absolute Gasteiger partial charge is 0.486 e. The van der Waals surface area contributed by atoms with Crippen LogP contribution in [0.3, 0.4) is 0 Å². The lowest BCUT2D eigenvalue weighted by Crippen LogP contribution is -2.34. The summed E-state index contributed by atoms with van der Waals surface area (Å²) in [5.41, 5.74) is 1.40. The first-order valence-electron chi connectivity index (χ1n) is 8.99. The molecule has 1 amide bonds. The molecule has 0 fully saturated rings. The number of likely N-dealkylation sites (N-methyl/N-ethyl adjacent to an activating group) is 1. The fourth-order valence-electron chi connectivity index (χ4n) is 3.10. The predicted octanol–water partition coefficient (Wildman–Crippen LogP) is 3.52. The molecular weight excluding hydrogens is 380 g/mol. The van der Waals surface area contributed by atoms with Crippen molar-refractivity contribution in [2.75, 3.05) is 36.5 Å². The molecule has 8 heteroatoms. The van der Waals surface area contributed by atoms with Gasteiger partial charge in [0.25, 0.3) is 0 Å². The zero-order valence-corrected chi connectivity index (χ0v) is 16.1. The van der Waals surface area contributed by atoms with E-state index >= 15 is 0 Å². The number of carbonyl (C=O) groups excluding carboxylic acids is 1. The molecule has 144 valence electrons. The van der Waals surface area contributed by atoms with Gasteiger partial charge in [-0.05, 0) is 37.3 Å². The molecule has 1 aliphatic heterocycles. The molecule has 3 aromatic rings. The number of anilines is 2. The van der Waals surface area contributed by atoms with Crippen LogP contribution in [0.4, 0.5) is 11.5 Å².